The molecule has 0 atom stereocenters. The van der Waals surface area contributed by atoms with Gasteiger partial charge in [-0.15, -0.1) is 0 Å². The second-order valence-corrected chi connectivity index (χ2v) is 5.52. The van der Waals surface area contributed by atoms with Crippen LogP contribution in [0.4, 0.5) is 0 Å². The number of hydrogen-bond acceptors (Lipinski definition) is 5. The van der Waals surface area contributed by atoms with Gasteiger partial charge in [0, 0.05) is 25.9 Å². The molecule has 1 aromatic heterocycles. The van der Waals surface area contributed by atoms with Gasteiger partial charge in [-0.1, -0.05) is 12.1 Å². The lowest BCUT2D eigenvalue weighted by atomic mass is 10.2. The van der Waals surface area contributed by atoms with Crippen LogP contribution in [0.1, 0.15) is 11.3 Å². The van der Waals surface area contributed by atoms with Gasteiger partial charge in [0.2, 0.25) is 12.7 Å². The van der Waals surface area contributed by atoms with Crippen molar-refractivity contribution in [1.82, 2.24) is 9.88 Å². The van der Waals surface area contributed by atoms with Gasteiger partial charge in [0.1, 0.15) is 0 Å². The molecule has 1 aliphatic rings. The van der Waals surface area contributed by atoms with E-state index >= 15 is 0 Å². The minimum atomic E-state index is -0.0969. The van der Waals surface area contributed by atoms with Crippen molar-refractivity contribution in [3.8, 4) is 11.5 Å². The fraction of sp³-hybridized carbons (Fsp3) is 0.263. The molecule has 0 saturated carbocycles. The molecule has 0 aliphatic carbocycles. The first kappa shape index (κ1) is 17.0. The lowest BCUT2D eigenvalue weighted by Crippen LogP contribution is -2.32. The molecule has 25 heavy (non-hydrogen) atoms. The fourth-order valence-corrected chi connectivity index (χ4v) is 2.45. The summed E-state index contributed by atoms with van der Waals surface area (Å²) in [4.78, 5) is 18.5. The van der Waals surface area contributed by atoms with Gasteiger partial charge < -0.3 is 19.1 Å². The first-order valence-electron chi connectivity index (χ1n) is 8.02. The van der Waals surface area contributed by atoms with Gasteiger partial charge in [-0.2, -0.15) is 0 Å². The minimum Gasteiger partial charge on any atom is -0.454 e. The zero-order chi connectivity index (χ0) is 17.5. The molecule has 1 aliphatic heterocycles. The molecule has 0 N–H and O–H groups in total. The van der Waals surface area contributed by atoms with Crippen LogP contribution in [0.5, 0.6) is 11.5 Å². The third-order valence-electron chi connectivity index (χ3n) is 3.77. The maximum atomic E-state index is 12.6. The molecule has 1 amide bonds. The second kappa shape index (κ2) is 8.30. The predicted octanol–water partition coefficient (Wildman–Crippen LogP) is 2.50. The van der Waals surface area contributed by atoms with Crippen LogP contribution in [0, 0.1) is 0 Å². The molecule has 0 bridgehead atoms. The van der Waals surface area contributed by atoms with Gasteiger partial charge in [0.15, 0.2) is 11.5 Å². The molecule has 2 aromatic rings. The van der Waals surface area contributed by atoms with Crippen molar-refractivity contribution in [1.29, 1.82) is 0 Å². The van der Waals surface area contributed by atoms with Crippen LogP contribution in [-0.4, -0.2) is 42.8 Å². The van der Waals surface area contributed by atoms with Crippen molar-refractivity contribution >= 4 is 12.0 Å². The van der Waals surface area contributed by atoms with Crippen LogP contribution in [-0.2, 0) is 16.1 Å². The Morgan fingerprint density at radius 1 is 1.28 bits per heavy atom. The number of ether oxygens (including phenoxy) is 3. The highest BCUT2D eigenvalue weighted by Crippen LogP contribution is 2.32. The molecule has 0 spiro atoms. The van der Waals surface area contributed by atoms with Gasteiger partial charge in [0.05, 0.1) is 18.8 Å². The van der Waals surface area contributed by atoms with E-state index in [0.717, 1.165) is 17.0 Å². The number of methoxy groups -OCH3 is 1. The topological polar surface area (TPSA) is 60.9 Å². The van der Waals surface area contributed by atoms with E-state index in [1.807, 2.05) is 36.4 Å². The number of fused-ring (bicyclic) bond motifs is 1. The first-order valence-corrected chi connectivity index (χ1v) is 8.02. The van der Waals surface area contributed by atoms with Crippen molar-refractivity contribution in [2.75, 3.05) is 27.1 Å². The summed E-state index contributed by atoms with van der Waals surface area (Å²) in [6.45, 7) is 1.64. The average Bonchev–Trinajstić information content (AvgIpc) is 3.11. The monoisotopic (exact) mass is 340 g/mol. The summed E-state index contributed by atoms with van der Waals surface area (Å²) in [5.74, 6) is 1.32. The van der Waals surface area contributed by atoms with E-state index < -0.39 is 0 Å². The molecule has 0 saturated heterocycles. The summed E-state index contributed by atoms with van der Waals surface area (Å²) in [7, 11) is 1.62. The van der Waals surface area contributed by atoms with Gasteiger partial charge in [-0.3, -0.25) is 9.78 Å². The first-order chi connectivity index (χ1) is 12.3. The number of aromatic nitrogens is 1. The lowest BCUT2D eigenvalue weighted by Gasteiger charge is -2.20. The van der Waals surface area contributed by atoms with Crippen LogP contribution >= 0.6 is 0 Å². The van der Waals surface area contributed by atoms with E-state index in [1.165, 1.54) is 0 Å². The molecule has 0 radical (unpaired) electrons. The molecule has 130 valence electrons. The largest absolute Gasteiger partial charge is 0.454 e. The van der Waals surface area contributed by atoms with E-state index in [-0.39, 0.29) is 12.7 Å². The molecule has 0 unspecified atom stereocenters. The summed E-state index contributed by atoms with van der Waals surface area (Å²) < 4.78 is 15.7. The summed E-state index contributed by atoms with van der Waals surface area (Å²) in [5, 5.41) is 0. The Hall–Kier alpha value is -2.86. The smallest absolute Gasteiger partial charge is 0.247 e. The highest BCUT2D eigenvalue weighted by molar-refractivity contribution is 5.91. The normalized spacial score (nSPS) is 12.5. The van der Waals surface area contributed by atoms with Crippen molar-refractivity contribution < 1.29 is 19.0 Å². The Bertz CT molecular complexity index is 746. The van der Waals surface area contributed by atoms with Crippen LogP contribution in [0.15, 0.2) is 48.7 Å². The standard InChI is InChI=1S/C19H20N2O4/c1-23-11-10-21(13-16-4-2-3-9-20-16)19(22)8-6-15-5-7-17-18(12-15)25-14-24-17/h2-9,12H,10-11,13-14H2,1H3. The molecule has 0 fully saturated rings. The number of carbonyl (C=O) groups excluding carboxylic acids is 1. The zero-order valence-electron chi connectivity index (χ0n) is 14.1. The molecule has 2 heterocycles. The lowest BCUT2D eigenvalue weighted by molar-refractivity contribution is -0.127. The van der Waals surface area contributed by atoms with E-state index in [4.69, 9.17) is 14.2 Å². The molecular weight excluding hydrogens is 320 g/mol. The number of rotatable bonds is 7. The van der Waals surface area contributed by atoms with E-state index in [0.29, 0.717) is 25.4 Å². The van der Waals surface area contributed by atoms with E-state index in [9.17, 15) is 4.79 Å². The Kier molecular flexibility index (Phi) is 5.64. The summed E-state index contributed by atoms with van der Waals surface area (Å²) >= 11 is 0. The number of benzene rings is 1. The van der Waals surface area contributed by atoms with Crippen LogP contribution < -0.4 is 9.47 Å². The van der Waals surface area contributed by atoms with Gasteiger partial charge in [0.25, 0.3) is 0 Å². The summed E-state index contributed by atoms with van der Waals surface area (Å²) in [5.41, 5.74) is 1.71. The number of hydrogen-bond donors (Lipinski definition) is 0. The van der Waals surface area contributed by atoms with Gasteiger partial charge >= 0.3 is 0 Å². The number of nitrogens with zero attached hydrogens (tertiary/aromatic N) is 2. The number of carbonyl (C=O) groups is 1. The van der Waals surface area contributed by atoms with Crippen molar-refractivity contribution in [3.63, 3.8) is 0 Å². The van der Waals surface area contributed by atoms with Crippen molar-refractivity contribution in [2.24, 2.45) is 0 Å². The van der Waals surface area contributed by atoms with Gasteiger partial charge in [-0.05, 0) is 35.9 Å². The third kappa shape index (κ3) is 4.58. The SMILES string of the molecule is COCCN(Cc1ccccn1)C(=O)C=Cc1ccc2c(c1)OCO2. The van der Waals surface area contributed by atoms with Crippen molar-refractivity contribution in [3.05, 3.63) is 59.9 Å². The quantitative estimate of drug-likeness (QED) is 0.725. The fourth-order valence-electron chi connectivity index (χ4n) is 2.45. The van der Waals surface area contributed by atoms with Crippen LogP contribution in [0.3, 0.4) is 0 Å². The Balaban J connectivity index is 1.68. The highest BCUT2D eigenvalue weighted by atomic mass is 16.7. The van der Waals surface area contributed by atoms with Crippen LogP contribution in [0.2, 0.25) is 0 Å². The molecule has 1 aromatic carbocycles. The van der Waals surface area contributed by atoms with Crippen LogP contribution in [0.25, 0.3) is 6.08 Å². The van der Waals surface area contributed by atoms with E-state index in [1.54, 1.807) is 30.4 Å². The van der Waals surface area contributed by atoms with Crippen molar-refractivity contribution in [2.45, 2.75) is 6.54 Å². The summed E-state index contributed by atoms with van der Waals surface area (Å²) in [6, 6.07) is 11.2. The maximum Gasteiger partial charge on any atom is 0.247 e. The number of amides is 1. The summed E-state index contributed by atoms with van der Waals surface area (Å²) in [6.07, 6.45) is 5.04. The zero-order valence-corrected chi connectivity index (χ0v) is 14.1. The molecule has 3 rings (SSSR count). The Labute approximate surface area is 146 Å². The maximum absolute atomic E-state index is 12.6. The highest BCUT2D eigenvalue weighted by Gasteiger charge is 2.14. The number of pyridine rings is 1. The molecule has 6 nitrogen and oxygen atoms in total. The average molecular weight is 340 g/mol. The Morgan fingerprint density at radius 2 is 2.16 bits per heavy atom. The second-order valence-electron chi connectivity index (χ2n) is 5.52. The minimum absolute atomic E-state index is 0.0969. The van der Waals surface area contributed by atoms with Gasteiger partial charge in [-0.25, -0.2) is 0 Å². The molecule has 6 heteroatoms. The molecular formula is C19H20N2O4. The third-order valence-corrected chi connectivity index (χ3v) is 3.77. The Morgan fingerprint density at radius 3 is 2.96 bits per heavy atom. The van der Waals surface area contributed by atoms with E-state index in [2.05, 4.69) is 4.98 Å². The predicted molar refractivity (Wildman–Crippen MR) is 93.1 cm³/mol.